The van der Waals surface area contributed by atoms with Crippen LogP contribution in [0.2, 0.25) is 0 Å². The molecule has 37 heavy (non-hydrogen) atoms. The van der Waals surface area contributed by atoms with Crippen molar-refractivity contribution in [1.29, 1.82) is 0 Å². The Morgan fingerprint density at radius 2 is 1.76 bits per heavy atom. The zero-order valence-corrected chi connectivity index (χ0v) is 22.0. The van der Waals surface area contributed by atoms with E-state index in [9.17, 15) is 4.79 Å². The second kappa shape index (κ2) is 10.6. The largest absolute Gasteiger partial charge is 0.496 e. The monoisotopic (exact) mass is 498 g/mol. The molecule has 3 aromatic heterocycles. The molecule has 4 aromatic rings. The molecule has 0 aliphatic carbocycles. The number of aromatic nitrogens is 3. The van der Waals surface area contributed by atoms with Crippen LogP contribution in [0.1, 0.15) is 23.7 Å². The van der Waals surface area contributed by atoms with Crippen molar-refractivity contribution in [3.8, 4) is 28.0 Å². The lowest BCUT2D eigenvalue weighted by atomic mass is 10.0. The van der Waals surface area contributed by atoms with Gasteiger partial charge >= 0.3 is 0 Å². The third-order valence-electron chi connectivity index (χ3n) is 6.98. The number of hydrogen-bond donors (Lipinski definition) is 1. The number of carbonyl (C=O) groups is 1. The number of nitrogens with one attached hydrogen (secondary N) is 1. The van der Waals surface area contributed by atoms with E-state index in [1.807, 2.05) is 48.9 Å². The van der Waals surface area contributed by atoms with Crippen LogP contribution >= 0.6 is 0 Å². The van der Waals surface area contributed by atoms with Gasteiger partial charge in [-0.3, -0.25) is 9.69 Å². The van der Waals surface area contributed by atoms with E-state index in [4.69, 9.17) is 9.72 Å². The topological polar surface area (TPSA) is 77.6 Å². The maximum absolute atomic E-state index is 13.3. The van der Waals surface area contributed by atoms with Crippen LogP contribution in [-0.4, -0.2) is 84.6 Å². The number of anilines is 1. The van der Waals surface area contributed by atoms with E-state index in [0.29, 0.717) is 5.56 Å². The summed E-state index contributed by atoms with van der Waals surface area (Å²) in [6.07, 6.45) is 6.79. The van der Waals surface area contributed by atoms with Crippen LogP contribution in [-0.2, 0) is 0 Å². The van der Waals surface area contributed by atoms with Crippen LogP contribution < -0.4 is 9.64 Å². The van der Waals surface area contributed by atoms with Gasteiger partial charge in [0, 0.05) is 86.5 Å². The van der Waals surface area contributed by atoms with E-state index < -0.39 is 0 Å². The summed E-state index contributed by atoms with van der Waals surface area (Å²) in [4.78, 5) is 32.4. The lowest BCUT2D eigenvalue weighted by molar-refractivity contribution is 0.0827. The number of hydrogen-bond acceptors (Lipinski definition) is 6. The lowest BCUT2D eigenvalue weighted by Gasteiger charge is -2.36. The normalized spacial score (nSPS) is 14.2. The maximum atomic E-state index is 13.3. The van der Waals surface area contributed by atoms with Gasteiger partial charge in [0.15, 0.2) is 0 Å². The summed E-state index contributed by atoms with van der Waals surface area (Å²) in [5, 5.41) is 0.985. The Hall–Kier alpha value is -3.91. The first-order valence-corrected chi connectivity index (χ1v) is 12.8. The zero-order valence-electron chi connectivity index (χ0n) is 22.0. The summed E-state index contributed by atoms with van der Waals surface area (Å²) < 4.78 is 5.59. The molecule has 4 heterocycles. The van der Waals surface area contributed by atoms with Crippen molar-refractivity contribution in [1.82, 2.24) is 24.8 Å². The molecule has 1 aliphatic rings. The van der Waals surface area contributed by atoms with E-state index in [2.05, 4.69) is 32.8 Å². The van der Waals surface area contributed by atoms with Crippen molar-refractivity contribution in [3.05, 3.63) is 60.6 Å². The van der Waals surface area contributed by atoms with E-state index in [-0.39, 0.29) is 5.91 Å². The van der Waals surface area contributed by atoms with Gasteiger partial charge in [-0.15, -0.1) is 0 Å². The Morgan fingerprint density at radius 3 is 2.49 bits per heavy atom. The molecule has 1 amide bonds. The van der Waals surface area contributed by atoms with Crippen molar-refractivity contribution in [2.45, 2.75) is 13.3 Å². The molecule has 1 N–H and O–H groups in total. The van der Waals surface area contributed by atoms with Crippen molar-refractivity contribution < 1.29 is 9.53 Å². The third kappa shape index (κ3) is 4.89. The summed E-state index contributed by atoms with van der Waals surface area (Å²) in [5.41, 5.74) is 5.19. The predicted molar refractivity (Wildman–Crippen MR) is 148 cm³/mol. The van der Waals surface area contributed by atoms with Crippen LogP contribution in [0.15, 0.2) is 55.0 Å². The highest BCUT2D eigenvalue weighted by Gasteiger charge is 2.24. The van der Waals surface area contributed by atoms with Crippen LogP contribution in [0.5, 0.6) is 5.75 Å². The number of piperazine rings is 1. The number of pyridine rings is 2. The molecule has 5 rings (SSSR count). The number of aromatic amines is 1. The minimum atomic E-state index is -0.0502. The average Bonchev–Trinajstić information content (AvgIpc) is 3.36. The average molecular weight is 499 g/mol. The van der Waals surface area contributed by atoms with Crippen molar-refractivity contribution >= 4 is 22.8 Å². The number of methoxy groups -OCH3 is 1. The van der Waals surface area contributed by atoms with Crippen LogP contribution in [0, 0.1) is 0 Å². The highest BCUT2D eigenvalue weighted by Crippen LogP contribution is 2.36. The van der Waals surface area contributed by atoms with Gasteiger partial charge in [0.1, 0.15) is 17.2 Å². The van der Waals surface area contributed by atoms with Crippen molar-refractivity contribution in [3.63, 3.8) is 0 Å². The molecule has 1 aromatic carbocycles. The second-order valence-electron chi connectivity index (χ2n) is 9.65. The highest BCUT2D eigenvalue weighted by molar-refractivity contribution is 6.01. The molecule has 1 aliphatic heterocycles. The highest BCUT2D eigenvalue weighted by atomic mass is 16.5. The lowest BCUT2D eigenvalue weighted by Crippen LogP contribution is -2.47. The smallest absolute Gasteiger partial charge is 0.257 e. The summed E-state index contributed by atoms with van der Waals surface area (Å²) in [7, 11) is 5.24. The van der Waals surface area contributed by atoms with Crippen molar-refractivity contribution in [2.75, 3.05) is 58.8 Å². The number of fused-ring (bicyclic) bond motifs is 1. The first kappa shape index (κ1) is 24.8. The number of para-hydroxylation sites is 1. The Bertz CT molecular complexity index is 1400. The Kier molecular flexibility index (Phi) is 7.10. The van der Waals surface area contributed by atoms with Gasteiger partial charge in [-0.2, -0.15) is 0 Å². The van der Waals surface area contributed by atoms with Crippen LogP contribution in [0.3, 0.4) is 0 Å². The second-order valence-corrected chi connectivity index (χ2v) is 9.65. The van der Waals surface area contributed by atoms with Gasteiger partial charge in [0.2, 0.25) is 0 Å². The molecule has 0 saturated carbocycles. The van der Waals surface area contributed by atoms with Gasteiger partial charge in [-0.05, 0) is 31.2 Å². The molecule has 1 fully saturated rings. The van der Waals surface area contributed by atoms with E-state index >= 15 is 0 Å². The van der Waals surface area contributed by atoms with Gasteiger partial charge in [-0.25, -0.2) is 9.97 Å². The Morgan fingerprint density at radius 1 is 1.03 bits per heavy atom. The van der Waals surface area contributed by atoms with Gasteiger partial charge in [0.25, 0.3) is 5.91 Å². The molecule has 0 unspecified atom stereocenters. The standard InChI is InChI=1S/C29H34N6O2/c1-5-10-34-11-13-35(14-12-34)28-24(29(36)33(2)3)16-21(18-32-28)20-15-23-25(19-31-27(23)30-17-20)22-8-6-7-9-26(22)37-4/h6-9,15-19H,5,10-14H2,1-4H3,(H,30,31). The molecule has 8 heteroatoms. The molecule has 0 spiro atoms. The molecule has 8 nitrogen and oxygen atoms in total. The van der Waals surface area contributed by atoms with E-state index in [1.165, 1.54) is 0 Å². The summed E-state index contributed by atoms with van der Waals surface area (Å²) in [6, 6.07) is 12.0. The molecule has 1 saturated heterocycles. The predicted octanol–water partition coefficient (Wildman–Crippen LogP) is 4.53. The number of amides is 1. The van der Waals surface area contributed by atoms with Crippen LogP contribution in [0.25, 0.3) is 33.3 Å². The van der Waals surface area contributed by atoms with Gasteiger partial charge in [0.05, 0.1) is 12.7 Å². The minimum Gasteiger partial charge on any atom is -0.496 e. The first-order valence-electron chi connectivity index (χ1n) is 12.8. The molecular formula is C29H34N6O2. The quantitative estimate of drug-likeness (QED) is 0.403. The fraction of sp³-hybridized carbons (Fsp3) is 0.345. The van der Waals surface area contributed by atoms with Crippen molar-refractivity contribution in [2.24, 2.45) is 0 Å². The molecular weight excluding hydrogens is 464 g/mol. The zero-order chi connectivity index (χ0) is 25.9. The fourth-order valence-electron chi connectivity index (χ4n) is 5.02. The van der Waals surface area contributed by atoms with Gasteiger partial charge in [-0.1, -0.05) is 25.1 Å². The summed E-state index contributed by atoms with van der Waals surface area (Å²) in [5.74, 6) is 1.51. The molecule has 0 bridgehead atoms. The van der Waals surface area contributed by atoms with E-state index in [1.54, 1.807) is 26.1 Å². The first-order chi connectivity index (χ1) is 18.0. The van der Waals surface area contributed by atoms with E-state index in [0.717, 1.165) is 84.0 Å². The number of benzene rings is 1. The molecule has 192 valence electrons. The number of nitrogens with zero attached hydrogens (tertiary/aromatic N) is 5. The Balaban J connectivity index is 1.53. The fourth-order valence-corrected chi connectivity index (χ4v) is 5.02. The summed E-state index contributed by atoms with van der Waals surface area (Å²) in [6.45, 7) is 6.99. The summed E-state index contributed by atoms with van der Waals surface area (Å²) >= 11 is 0. The number of rotatable bonds is 7. The SMILES string of the molecule is CCCN1CCN(c2ncc(-c3cnc4[nH]cc(-c5ccccc5OC)c4c3)cc2C(=O)N(C)C)CC1. The van der Waals surface area contributed by atoms with Gasteiger partial charge < -0.3 is 19.5 Å². The minimum absolute atomic E-state index is 0.0502. The Labute approximate surface area is 217 Å². The number of ether oxygens (including phenoxy) is 1. The number of carbonyl (C=O) groups excluding carboxylic acids is 1. The molecule has 0 atom stereocenters. The number of H-pyrrole nitrogens is 1. The maximum Gasteiger partial charge on any atom is 0.257 e. The third-order valence-corrected chi connectivity index (χ3v) is 6.98. The molecule has 0 radical (unpaired) electrons. The van der Waals surface area contributed by atoms with Crippen LogP contribution in [0.4, 0.5) is 5.82 Å².